The maximum Gasteiger partial charge on any atom is 0.408 e. The van der Waals surface area contributed by atoms with Gasteiger partial charge in [0.25, 0.3) is 5.91 Å². The second-order valence-corrected chi connectivity index (χ2v) is 11.9. The van der Waals surface area contributed by atoms with Crippen molar-refractivity contribution in [1.29, 1.82) is 0 Å². The van der Waals surface area contributed by atoms with E-state index in [4.69, 9.17) is 4.74 Å². The number of hydrogen-bond donors (Lipinski definition) is 2. The van der Waals surface area contributed by atoms with Crippen LogP contribution in [0.4, 0.5) is 10.5 Å². The van der Waals surface area contributed by atoms with Crippen molar-refractivity contribution in [2.45, 2.75) is 105 Å². The molecule has 7 heteroatoms. The van der Waals surface area contributed by atoms with Crippen LogP contribution in [0.5, 0.6) is 0 Å². The maximum atomic E-state index is 14.4. The Bertz CT molecular complexity index is 1180. The van der Waals surface area contributed by atoms with E-state index >= 15 is 0 Å². The van der Waals surface area contributed by atoms with Crippen molar-refractivity contribution >= 4 is 23.6 Å². The van der Waals surface area contributed by atoms with Crippen LogP contribution in [0.1, 0.15) is 88.6 Å². The molecule has 1 aliphatic carbocycles. The van der Waals surface area contributed by atoms with Gasteiger partial charge in [-0.25, -0.2) is 4.79 Å². The fourth-order valence-electron chi connectivity index (χ4n) is 4.75. The van der Waals surface area contributed by atoms with Crippen LogP contribution in [0.2, 0.25) is 0 Å². The highest BCUT2D eigenvalue weighted by atomic mass is 16.6. The lowest BCUT2D eigenvalue weighted by molar-refractivity contribution is -0.147. The van der Waals surface area contributed by atoms with Gasteiger partial charge in [-0.05, 0) is 95.0 Å². The van der Waals surface area contributed by atoms with Crippen LogP contribution in [-0.4, -0.2) is 40.5 Å². The number of benzene rings is 2. The monoisotopic (exact) mass is 535 g/mol. The van der Waals surface area contributed by atoms with E-state index in [2.05, 4.69) is 10.6 Å². The molecule has 0 radical (unpaired) electrons. The number of aryl methyl sites for hydroxylation is 3. The zero-order valence-electron chi connectivity index (χ0n) is 24.8. The maximum absolute atomic E-state index is 14.4. The van der Waals surface area contributed by atoms with E-state index in [0.29, 0.717) is 12.1 Å². The van der Waals surface area contributed by atoms with Crippen molar-refractivity contribution in [1.82, 2.24) is 10.2 Å². The third-order valence-electron chi connectivity index (χ3n) is 7.65. The van der Waals surface area contributed by atoms with Crippen molar-refractivity contribution in [3.8, 4) is 0 Å². The van der Waals surface area contributed by atoms with Crippen LogP contribution < -0.4 is 10.6 Å². The highest BCUT2D eigenvalue weighted by molar-refractivity contribution is 5.99. The second-order valence-electron chi connectivity index (χ2n) is 11.9. The van der Waals surface area contributed by atoms with Crippen molar-refractivity contribution in [3.63, 3.8) is 0 Å². The second kappa shape index (κ2) is 12.7. The minimum Gasteiger partial charge on any atom is -0.444 e. The molecule has 2 aromatic carbocycles. The van der Waals surface area contributed by atoms with E-state index in [0.717, 1.165) is 41.5 Å². The lowest BCUT2D eigenvalue weighted by Gasteiger charge is -2.44. The molecule has 3 unspecified atom stereocenters. The third-order valence-corrected chi connectivity index (χ3v) is 7.65. The summed E-state index contributed by atoms with van der Waals surface area (Å²) < 4.78 is 5.51. The predicted molar refractivity (Wildman–Crippen MR) is 156 cm³/mol. The fourth-order valence-corrected chi connectivity index (χ4v) is 4.75. The molecule has 212 valence electrons. The number of amides is 3. The fraction of sp³-hybridized carbons (Fsp3) is 0.531. The van der Waals surface area contributed by atoms with Crippen LogP contribution in [0, 0.1) is 26.7 Å². The smallest absolute Gasteiger partial charge is 0.408 e. The number of carbonyl (C=O) groups is 3. The summed E-state index contributed by atoms with van der Waals surface area (Å²) in [5, 5.41) is 5.94. The van der Waals surface area contributed by atoms with Gasteiger partial charge < -0.3 is 20.3 Å². The van der Waals surface area contributed by atoms with Gasteiger partial charge in [0.1, 0.15) is 17.7 Å². The molecule has 0 aliphatic heterocycles. The average molecular weight is 536 g/mol. The molecule has 0 aromatic heterocycles. The lowest BCUT2D eigenvalue weighted by Crippen LogP contribution is -2.58. The average Bonchev–Trinajstić information content (AvgIpc) is 2.82. The van der Waals surface area contributed by atoms with Crippen molar-refractivity contribution in [2.75, 3.05) is 5.32 Å². The first-order valence-corrected chi connectivity index (χ1v) is 14.1. The molecule has 2 N–H and O–H groups in total. The summed E-state index contributed by atoms with van der Waals surface area (Å²) in [5.41, 5.74) is 3.87. The van der Waals surface area contributed by atoms with Crippen LogP contribution in [0.3, 0.4) is 0 Å². The van der Waals surface area contributed by atoms with Crippen LogP contribution in [-0.2, 0) is 14.3 Å². The normalized spacial score (nSPS) is 15.9. The number of alkyl carbamates (subject to hydrolysis) is 1. The zero-order chi connectivity index (χ0) is 28.9. The Balaban J connectivity index is 2.07. The molecule has 3 atom stereocenters. The SMILES string of the molecule is CCC(C)C(NC(=O)OC(C)(C)C)C(=O)N(C1CCC1)C(C(=O)Nc1ccccc1C)c1ccc(C)c(C)c1. The molecule has 7 nitrogen and oxygen atoms in total. The van der Waals surface area contributed by atoms with E-state index in [9.17, 15) is 14.4 Å². The number of carbonyl (C=O) groups excluding carboxylic acids is 3. The summed E-state index contributed by atoms with van der Waals surface area (Å²) in [6, 6.07) is 11.8. The Morgan fingerprint density at radius 3 is 2.21 bits per heavy atom. The van der Waals surface area contributed by atoms with Gasteiger partial charge in [0.05, 0.1) is 0 Å². The topological polar surface area (TPSA) is 87.7 Å². The van der Waals surface area contributed by atoms with Crippen LogP contribution >= 0.6 is 0 Å². The molecule has 1 aliphatic rings. The molecule has 0 bridgehead atoms. The number of ether oxygens (including phenoxy) is 1. The first kappa shape index (κ1) is 30.2. The third kappa shape index (κ3) is 7.61. The number of rotatable bonds is 9. The molecular weight excluding hydrogens is 490 g/mol. The molecule has 1 saturated carbocycles. The lowest BCUT2D eigenvalue weighted by atomic mass is 9.86. The molecule has 0 heterocycles. The predicted octanol–water partition coefficient (Wildman–Crippen LogP) is 6.61. The van der Waals surface area contributed by atoms with Crippen LogP contribution in [0.15, 0.2) is 42.5 Å². The molecule has 3 rings (SSSR count). The van der Waals surface area contributed by atoms with Crippen molar-refractivity contribution in [3.05, 3.63) is 64.7 Å². The number of para-hydroxylation sites is 1. The zero-order valence-corrected chi connectivity index (χ0v) is 24.8. The van der Waals surface area contributed by atoms with Gasteiger partial charge in [0.15, 0.2) is 0 Å². The Kier molecular flexibility index (Phi) is 9.81. The molecule has 1 fully saturated rings. The Labute approximate surface area is 233 Å². The Hall–Kier alpha value is -3.35. The minimum atomic E-state index is -0.853. The summed E-state index contributed by atoms with van der Waals surface area (Å²) in [6.07, 6.45) is 2.64. The first-order chi connectivity index (χ1) is 18.3. The van der Waals surface area contributed by atoms with E-state index in [-0.39, 0.29) is 23.8 Å². The van der Waals surface area contributed by atoms with Gasteiger partial charge in [-0.2, -0.15) is 0 Å². The van der Waals surface area contributed by atoms with Gasteiger partial charge >= 0.3 is 6.09 Å². The van der Waals surface area contributed by atoms with Gasteiger partial charge in [-0.3, -0.25) is 9.59 Å². The molecule has 2 aromatic rings. The van der Waals surface area contributed by atoms with E-state index in [1.165, 1.54) is 0 Å². The van der Waals surface area contributed by atoms with Crippen molar-refractivity contribution < 1.29 is 19.1 Å². The minimum absolute atomic E-state index is 0.0984. The molecule has 0 spiro atoms. The highest BCUT2D eigenvalue weighted by Crippen LogP contribution is 2.36. The number of hydrogen-bond acceptors (Lipinski definition) is 4. The highest BCUT2D eigenvalue weighted by Gasteiger charge is 2.43. The molecule has 0 saturated heterocycles. The van der Waals surface area contributed by atoms with Gasteiger partial charge in [-0.1, -0.05) is 56.7 Å². The van der Waals surface area contributed by atoms with Crippen molar-refractivity contribution in [2.24, 2.45) is 5.92 Å². The summed E-state index contributed by atoms with van der Waals surface area (Å²) in [4.78, 5) is 43.1. The first-order valence-electron chi connectivity index (χ1n) is 14.1. The molecule has 39 heavy (non-hydrogen) atoms. The van der Waals surface area contributed by atoms with E-state index in [1.54, 1.807) is 25.7 Å². The summed E-state index contributed by atoms with van der Waals surface area (Å²) in [7, 11) is 0. The van der Waals surface area contributed by atoms with Gasteiger partial charge in [0.2, 0.25) is 5.91 Å². The Morgan fingerprint density at radius 2 is 1.67 bits per heavy atom. The van der Waals surface area contributed by atoms with E-state index < -0.39 is 23.8 Å². The van der Waals surface area contributed by atoms with Crippen LogP contribution in [0.25, 0.3) is 0 Å². The molecule has 3 amide bonds. The number of nitrogens with one attached hydrogen (secondary N) is 2. The summed E-state index contributed by atoms with van der Waals surface area (Å²) in [6.45, 7) is 15.3. The quantitative estimate of drug-likeness (QED) is 0.378. The molecular formula is C32H45N3O4. The summed E-state index contributed by atoms with van der Waals surface area (Å²) in [5.74, 6) is -0.691. The number of nitrogens with zero attached hydrogens (tertiary/aromatic N) is 1. The standard InChI is InChI=1S/C32H45N3O4/c1-9-20(2)27(34-31(38)39-32(6,7)8)30(37)35(25-14-12-15-25)28(24-18-17-21(3)23(5)19-24)29(36)33-26-16-11-10-13-22(26)4/h10-11,13,16-20,25,27-28H,9,12,14-15H2,1-8H3,(H,33,36)(H,34,38). The number of anilines is 1. The van der Waals surface area contributed by atoms with Gasteiger partial charge in [-0.15, -0.1) is 0 Å². The largest absolute Gasteiger partial charge is 0.444 e. The summed E-state index contributed by atoms with van der Waals surface area (Å²) >= 11 is 0. The Morgan fingerprint density at radius 1 is 1.00 bits per heavy atom. The van der Waals surface area contributed by atoms with Gasteiger partial charge in [0, 0.05) is 11.7 Å². The van der Waals surface area contributed by atoms with E-state index in [1.807, 2.05) is 77.1 Å².